The Bertz CT molecular complexity index is 1160. The first-order valence-electron chi connectivity index (χ1n) is 11.1. The molecule has 0 amide bonds. The predicted molar refractivity (Wildman–Crippen MR) is 125 cm³/mol. The van der Waals surface area contributed by atoms with E-state index in [2.05, 4.69) is 90.1 Å². The third-order valence-corrected chi connectivity index (χ3v) is 9.48. The first-order chi connectivity index (χ1) is 16.5. The molecule has 0 spiro atoms. The summed E-state index contributed by atoms with van der Waals surface area (Å²) in [5.74, 6) is -11.6. The molecule has 2 atom stereocenters. The second-order valence-electron chi connectivity index (χ2n) is 10.7. The van der Waals surface area contributed by atoms with E-state index in [0.29, 0.717) is 0 Å². The van der Waals surface area contributed by atoms with Crippen LogP contribution in [-0.2, 0) is 20.9 Å². The van der Waals surface area contributed by atoms with E-state index in [9.17, 15) is 39.3 Å². The predicted octanol–water partition coefficient (Wildman–Crippen LogP) is 3.79. The monoisotopic (exact) mass is 662 g/mol. The van der Waals surface area contributed by atoms with E-state index in [1.165, 1.54) is 18.3 Å². The van der Waals surface area contributed by atoms with Crippen molar-refractivity contribution in [1.29, 1.82) is 0 Å². The average molecular weight is 662 g/mol. The van der Waals surface area contributed by atoms with Crippen LogP contribution in [0.15, 0.2) is 60.7 Å². The molecule has 0 aliphatic heterocycles. The minimum Gasteiger partial charge on any atom is -0.745 e. The van der Waals surface area contributed by atoms with E-state index < -0.39 is 45.3 Å². The van der Waals surface area contributed by atoms with Gasteiger partial charge < -0.3 is 4.55 Å². The van der Waals surface area contributed by atoms with Gasteiger partial charge in [-0.1, -0.05) is 65.8 Å². The van der Waals surface area contributed by atoms with Gasteiger partial charge in [0.05, 0.1) is 0 Å². The van der Waals surface area contributed by atoms with Crippen LogP contribution < -0.4 is 21.2 Å². The Morgan fingerprint density at radius 1 is 0.757 bits per heavy atom. The zero-order chi connectivity index (χ0) is 28.7. The van der Waals surface area contributed by atoms with Crippen molar-refractivity contribution in [2.45, 2.75) is 75.4 Å². The summed E-state index contributed by atoms with van der Waals surface area (Å²) < 4.78 is 110. The van der Waals surface area contributed by atoms with Crippen molar-refractivity contribution >= 4 is 10.1 Å². The summed E-state index contributed by atoms with van der Waals surface area (Å²) in [7, 11) is -6.43. The molecule has 2 unspecified atom stereocenters. The Hall–Kier alpha value is -1.60. The third-order valence-electron chi connectivity index (χ3n) is 5.68. The Morgan fingerprint density at radius 3 is 1.41 bits per heavy atom. The van der Waals surface area contributed by atoms with Crippen LogP contribution in [0, 0.1) is 7.14 Å². The Balaban J connectivity index is 0.000000271. The summed E-state index contributed by atoms with van der Waals surface area (Å²) >= 11 is -0.0703. The molecule has 0 saturated carbocycles. The van der Waals surface area contributed by atoms with Gasteiger partial charge in [-0.2, -0.15) is 17.6 Å². The third kappa shape index (κ3) is 6.70. The highest BCUT2D eigenvalue weighted by Gasteiger charge is 2.76. The van der Waals surface area contributed by atoms with Gasteiger partial charge in [0.2, 0.25) is 0 Å². The molecule has 3 nitrogen and oxygen atoms in total. The SMILES string of the molecule is CC(C)(C)c1ccc([I+]c2ccc(C(C)(C)C)cc2)cc1.O=S(=O)([O-])C1(F)C=CC(F)C(F)(F)C1(F)F. The lowest BCUT2D eigenvalue weighted by molar-refractivity contribution is -0.597. The van der Waals surface area contributed by atoms with Crippen molar-refractivity contribution in [3.05, 3.63) is 79.0 Å². The fourth-order valence-corrected chi connectivity index (χ4v) is 6.08. The molecule has 0 aromatic heterocycles. The number of allylic oxidation sites excluding steroid dienone is 1. The van der Waals surface area contributed by atoms with E-state index in [1.807, 2.05) is 0 Å². The van der Waals surface area contributed by atoms with Gasteiger partial charge in [0, 0.05) is 0 Å². The highest BCUT2D eigenvalue weighted by molar-refractivity contribution is 7.87. The lowest BCUT2D eigenvalue weighted by Gasteiger charge is -2.40. The zero-order valence-corrected chi connectivity index (χ0v) is 24.1. The first kappa shape index (κ1) is 31.6. The van der Waals surface area contributed by atoms with E-state index in [1.54, 1.807) is 0 Å². The molecule has 0 N–H and O–H groups in total. The fourth-order valence-electron chi connectivity index (χ4n) is 3.23. The van der Waals surface area contributed by atoms with Gasteiger partial charge in [-0.3, -0.25) is 0 Å². The Morgan fingerprint density at radius 2 is 1.11 bits per heavy atom. The molecule has 2 aromatic rings. The molecule has 206 valence electrons. The van der Waals surface area contributed by atoms with E-state index in [-0.39, 0.29) is 32.0 Å². The van der Waals surface area contributed by atoms with E-state index in [4.69, 9.17) is 0 Å². The summed E-state index contributed by atoms with van der Waals surface area (Å²) in [6.45, 7) is 13.6. The molecular weight excluding hydrogens is 633 g/mol. The first-order valence-corrected chi connectivity index (χ1v) is 14.7. The molecule has 0 heterocycles. The highest BCUT2D eigenvalue weighted by Crippen LogP contribution is 2.53. The highest BCUT2D eigenvalue weighted by atomic mass is 127. The molecule has 1 aliphatic rings. The molecule has 2 aromatic carbocycles. The molecule has 0 fully saturated rings. The van der Waals surface area contributed by atoms with Gasteiger partial charge in [0.25, 0.3) is 5.00 Å². The maximum absolute atomic E-state index is 13.1. The summed E-state index contributed by atoms with van der Waals surface area (Å²) in [6.07, 6.45) is -4.70. The standard InChI is InChI=1S/C20H26I.C6H4F6O3S/c1-19(2,3)15-7-11-17(12-8-15)21-18-13-9-16(10-14-18)20(4,5)6;7-3-1-2-4(8,16(13,14)15)6(11,12)5(3,9)10/h7-14H,1-6H3;1-3H,(H,13,14,15)/q+1;/p-1. The summed E-state index contributed by atoms with van der Waals surface area (Å²) in [5, 5.41) is -5.16. The summed E-state index contributed by atoms with van der Waals surface area (Å²) in [5.41, 5.74) is 3.31. The van der Waals surface area contributed by atoms with Crippen molar-refractivity contribution in [2.24, 2.45) is 0 Å². The lowest BCUT2D eigenvalue weighted by atomic mass is 9.87. The van der Waals surface area contributed by atoms with Gasteiger partial charge in [-0.15, -0.1) is 0 Å². The van der Waals surface area contributed by atoms with Crippen LogP contribution >= 0.6 is 0 Å². The number of benzene rings is 2. The fraction of sp³-hybridized carbons (Fsp3) is 0.462. The second kappa shape index (κ2) is 10.5. The van der Waals surface area contributed by atoms with Crippen molar-refractivity contribution in [2.75, 3.05) is 0 Å². The average Bonchev–Trinajstić information content (AvgIpc) is 2.75. The summed E-state index contributed by atoms with van der Waals surface area (Å²) in [4.78, 5) is 0. The maximum atomic E-state index is 13.1. The number of hydrogen-bond donors (Lipinski definition) is 0. The maximum Gasteiger partial charge on any atom is 0.363 e. The largest absolute Gasteiger partial charge is 0.745 e. The van der Waals surface area contributed by atoms with Crippen molar-refractivity contribution in [3.8, 4) is 0 Å². The van der Waals surface area contributed by atoms with Crippen LogP contribution in [-0.4, -0.2) is 36.0 Å². The van der Waals surface area contributed by atoms with Crippen molar-refractivity contribution in [1.82, 2.24) is 0 Å². The molecule has 0 radical (unpaired) electrons. The molecule has 0 bridgehead atoms. The molecule has 3 rings (SSSR count). The van der Waals surface area contributed by atoms with Crippen LogP contribution in [0.2, 0.25) is 0 Å². The van der Waals surface area contributed by atoms with Gasteiger partial charge in [-0.25, -0.2) is 17.2 Å². The molecule has 11 heteroatoms. The summed E-state index contributed by atoms with van der Waals surface area (Å²) in [6, 6.07) is 18.4. The number of halogens is 7. The molecular formula is C26H29F6IO3S. The Kier molecular flexibility index (Phi) is 8.99. The van der Waals surface area contributed by atoms with Crippen LogP contribution in [0.1, 0.15) is 52.7 Å². The van der Waals surface area contributed by atoms with Crippen LogP contribution in [0.3, 0.4) is 0 Å². The smallest absolute Gasteiger partial charge is 0.363 e. The van der Waals surface area contributed by atoms with Crippen LogP contribution in [0.5, 0.6) is 0 Å². The number of alkyl halides is 6. The Labute approximate surface area is 224 Å². The topological polar surface area (TPSA) is 57.2 Å². The van der Waals surface area contributed by atoms with Gasteiger partial charge in [0.1, 0.15) is 10.1 Å². The molecule has 37 heavy (non-hydrogen) atoms. The van der Waals surface area contributed by atoms with Crippen LogP contribution in [0.25, 0.3) is 0 Å². The number of hydrogen-bond acceptors (Lipinski definition) is 3. The number of rotatable bonds is 3. The molecule has 1 aliphatic carbocycles. The van der Waals surface area contributed by atoms with Crippen LogP contribution in [0.4, 0.5) is 26.3 Å². The lowest BCUT2D eigenvalue weighted by Crippen LogP contribution is -3.61. The van der Waals surface area contributed by atoms with E-state index in [0.717, 1.165) is 0 Å². The zero-order valence-electron chi connectivity index (χ0n) is 21.1. The second-order valence-corrected chi connectivity index (χ2v) is 15.2. The molecule has 0 saturated heterocycles. The van der Waals surface area contributed by atoms with Gasteiger partial charge in [0.15, 0.2) is 13.3 Å². The van der Waals surface area contributed by atoms with Gasteiger partial charge >= 0.3 is 33.1 Å². The minimum absolute atomic E-state index is 0.0703. The van der Waals surface area contributed by atoms with E-state index >= 15 is 0 Å². The minimum atomic E-state index is -6.43. The van der Waals surface area contributed by atoms with Crippen molar-refractivity contribution in [3.63, 3.8) is 0 Å². The van der Waals surface area contributed by atoms with Crippen molar-refractivity contribution < 1.29 is 60.5 Å². The normalized spacial score (nSPS) is 23.2. The quantitative estimate of drug-likeness (QED) is 0.218. The van der Waals surface area contributed by atoms with Gasteiger partial charge in [-0.05, 0) is 58.4 Å².